The lowest BCUT2D eigenvalue weighted by Crippen LogP contribution is -2.10. The van der Waals surface area contributed by atoms with Crippen LogP contribution in [0.15, 0.2) is 30.5 Å². The molecule has 0 saturated carbocycles. The van der Waals surface area contributed by atoms with E-state index in [4.69, 9.17) is 17.3 Å². The normalized spacial score (nSPS) is 10.4. The maximum Gasteiger partial charge on any atom is 0.199 e. The maximum absolute atomic E-state index is 13.7. The Morgan fingerprint density at radius 3 is 2.72 bits per heavy atom. The standard InChI is InChI=1S/C13H10ClFN2O/c1-7-4-5-17-13(16)11(7)12(18)9-3-2-8(14)6-10(9)15/h2-6H,1H3,(H2,16,17). The molecule has 0 aliphatic heterocycles. The molecule has 2 aromatic rings. The maximum atomic E-state index is 13.7. The van der Waals surface area contributed by atoms with E-state index in [1.807, 2.05) is 0 Å². The van der Waals surface area contributed by atoms with Gasteiger partial charge in [-0.3, -0.25) is 4.79 Å². The van der Waals surface area contributed by atoms with E-state index in [9.17, 15) is 9.18 Å². The molecular formula is C13H10ClFN2O. The summed E-state index contributed by atoms with van der Waals surface area (Å²) in [6, 6.07) is 5.54. The van der Waals surface area contributed by atoms with Gasteiger partial charge in [-0.1, -0.05) is 11.6 Å². The van der Waals surface area contributed by atoms with Crippen molar-refractivity contribution >= 4 is 23.2 Å². The molecule has 0 aliphatic carbocycles. The van der Waals surface area contributed by atoms with Crippen molar-refractivity contribution in [2.75, 3.05) is 5.73 Å². The first kappa shape index (κ1) is 12.5. The Morgan fingerprint density at radius 1 is 1.39 bits per heavy atom. The number of anilines is 1. The molecule has 2 N–H and O–H groups in total. The number of nitrogens with zero attached hydrogens (tertiary/aromatic N) is 1. The summed E-state index contributed by atoms with van der Waals surface area (Å²) < 4.78 is 13.7. The smallest absolute Gasteiger partial charge is 0.199 e. The largest absolute Gasteiger partial charge is 0.383 e. The number of benzene rings is 1. The summed E-state index contributed by atoms with van der Waals surface area (Å²) in [5, 5.41) is 0.236. The lowest BCUT2D eigenvalue weighted by atomic mass is 10.00. The Bertz CT molecular complexity index is 608. The van der Waals surface area contributed by atoms with Gasteiger partial charge < -0.3 is 5.73 Å². The number of rotatable bonds is 2. The topological polar surface area (TPSA) is 56.0 Å². The molecule has 0 saturated heterocycles. The number of ketones is 1. The second-order valence-corrected chi connectivity index (χ2v) is 4.28. The van der Waals surface area contributed by atoms with Crippen LogP contribution >= 0.6 is 11.6 Å². The number of nitrogens with two attached hydrogens (primary N) is 1. The molecular weight excluding hydrogens is 255 g/mol. The number of hydrogen-bond acceptors (Lipinski definition) is 3. The number of aromatic nitrogens is 1. The minimum atomic E-state index is -0.671. The first-order chi connectivity index (χ1) is 8.50. The van der Waals surface area contributed by atoms with E-state index in [1.54, 1.807) is 13.0 Å². The number of nitrogen functional groups attached to an aromatic ring is 1. The quantitative estimate of drug-likeness (QED) is 0.849. The Kier molecular flexibility index (Phi) is 3.30. The lowest BCUT2D eigenvalue weighted by molar-refractivity contribution is 0.103. The monoisotopic (exact) mass is 264 g/mol. The van der Waals surface area contributed by atoms with E-state index in [-0.39, 0.29) is 22.0 Å². The van der Waals surface area contributed by atoms with E-state index in [1.165, 1.54) is 18.3 Å². The van der Waals surface area contributed by atoms with Crippen molar-refractivity contribution in [3.63, 3.8) is 0 Å². The second-order valence-electron chi connectivity index (χ2n) is 3.84. The van der Waals surface area contributed by atoms with Crippen LogP contribution in [0.5, 0.6) is 0 Å². The fourth-order valence-electron chi connectivity index (χ4n) is 1.68. The Morgan fingerprint density at radius 2 is 2.11 bits per heavy atom. The minimum Gasteiger partial charge on any atom is -0.383 e. The van der Waals surface area contributed by atoms with Crippen molar-refractivity contribution in [1.29, 1.82) is 0 Å². The van der Waals surface area contributed by atoms with Gasteiger partial charge in [0.25, 0.3) is 0 Å². The Labute approximate surface area is 108 Å². The Hall–Kier alpha value is -1.94. The van der Waals surface area contributed by atoms with Crippen LogP contribution in [0.1, 0.15) is 21.5 Å². The number of aryl methyl sites for hydroxylation is 1. The predicted molar refractivity (Wildman–Crippen MR) is 68.2 cm³/mol. The van der Waals surface area contributed by atoms with Crippen LogP contribution in [0.4, 0.5) is 10.2 Å². The second kappa shape index (κ2) is 4.74. The highest BCUT2D eigenvalue weighted by Crippen LogP contribution is 2.22. The summed E-state index contributed by atoms with van der Waals surface area (Å²) >= 11 is 5.64. The van der Waals surface area contributed by atoms with Crippen LogP contribution in [0.25, 0.3) is 0 Å². The average molecular weight is 265 g/mol. The molecule has 0 bridgehead atoms. The van der Waals surface area contributed by atoms with Gasteiger partial charge in [0.1, 0.15) is 11.6 Å². The van der Waals surface area contributed by atoms with Crippen molar-refractivity contribution in [2.45, 2.75) is 6.92 Å². The SMILES string of the molecule is Cc1ccnc(N)c1C(=O)c1ccc(Cl)cc1F. The van der Waals surface area contributed by atoms with Crippen LogP contribution in [0.3, 0.4) is 0 Å². The van der Waals surface area contributed by atoms with Gasteiger partial charge >= 0.3 is 0 Å². The Balaban J connectivity index is 2.55. The molecule has 0 amide bonds. The summed E-state index contributed by atoms with van der Waals surface area (Å²) in [4.78, 5) is 16.1. The number of carbonyl (C=O) groups excluding carboxylic acids is 1. The van der Waals surface area contributed by atoms with Gasteiger partial charge in [-0.05, 0) is 36.8 Å². The van der Waals surface area contributed by atoms with Crippen molar-refractivity contribution in [3.8, 4) is 0 Å². The molecule has 0 fully saturated rings. The van der Waals surface area contributed by atoms with Gasteiger partial charge in [-0.25, -0.2) is 9.37 Å². The summed E-state index contributed by atoms with van der Waals surface area (Å²) in [6.07, 6.45) is 1.50. The van der Waals surface area contributed by atoms with Crippen LogP contribution in [-0.2, 0) is 0 Å². The van der Waals surface area contributed by atoms with Gasteiger partial charge in [-0.15, -0.1) is 0 Å². The van der Waals surface area contributed by atoms with E-state index in [2.05, 4.69) is 4.98 Å². The summed E-state index contributed by atoms with van der Waals surface area (Å²) in [5.74, 6) is -1.07. The molecule has 5 heteroatoms. The highest BCUT2D eigenvalue weighted by Gasteiger charge is 2.19. The molecule has 2 rings (SSSR count). The van der Waals surface area contributed by atoms with Crippen LogP contribution < -0.4 is 5.73 Å². The fraction of sp³-hybridized carbons (Fsp3) is 0.0769. The third kappa shape index (κ3) is 2.19. The molecule has 1 heterocycles. The first-order valence-electron chi connectivity index (χ1n) is 5.21. The number of pyridine rings is 1. The van der Waals surface area contributed by atoms with Crippen LogP contribution in [0.2, 0.25) is 5.02 Å². The fourth-order valence-corrected chi connectivity index (χ4v) is 1.84. The zero-order chi connectivity index (χ0) is 13.3. The average Bonchev–Trinajstić information content (AvgIpc) is 2.28. The molecule has 0 aliphatic rings. The van der Waals surface area contributed by atoms with E-state index < -0.39 is 11.6 Å². The summed E-state index contributed by atoms with van der Waals surface area (Å²) in [5.41, 5.74) is 6.47. The third-order valence-electron chi connectivity index (χ3n) is 2.59. The van der Waals surface area contributed by atoms with E-state index in [0.717, 1.165) is 6.07 Å². The van der Waals surface area contributed by atoms with E-state index in [0.29, 0.717) is 5.56 Å². The highest BCUT2D eigenvalue weighted by atomic mass is 35.5. The van der Waals surface area contributed by atoms with Gasteiger partial charge in [0.2, 0.25) is 0 Å². The lowest BCUT2D eigenvalue weighted by Gasteiger charge is -2.08. The number of hydrogen-bond donors (Lipinski definition) is 1. The molecule has 0 radical (unpaired) electrons. The molecule has 18 heavy (non-hydrogen) atoms. The van der Waals surface area contributed by atoms with Crippen molar-refractivity contribution in [1.82, 2.24) is 4.98 Å². The van der Waals surface area contributed by atoms with Crippen molar-refractivity contribution in [2.24, 2.45) is 0 Å². The zero-order valence-corrected chi connectivity index (χ0v) is 10.3. The molecule has 0 unspecified atom stereocenters. The molecule has 0 spiro atoms. The van der Waals surface area contributed by atoms with Gasteiger partial charge in [0, 0.05) is 11.2 Å². The van der Waals surface area contributed by atoms with Crippen LogP contribution in [0, 0.1) is 12.7 Å². The molecule has 3 nitrogen and oxygen atoms in total. The minimum absolute atomic E-state index is 0.0674. The summed E-state index contributed by atoms with van der Waals surface area (Å²) in [6.45, 7) is 1.72. The number of halogens is 2. The van der Waals surface area contributed by atoms with Crippen molar-refractivity contribution in [3.05, 3.63) is 58.0 Å². The van der Waals surface area contributed by atoms with Crippen LogP contribution in [-0.4, -0.2) is 10.8 Å². The number of carbonyl (C=O) groups is 1. The van der Waals surface area contributed by atoms with E-state index >= 15 is 0 Å². The zero-order valence-electron chi connectivity index (χ0n) is 9.58. The molecule has 1 aromatic heterocycles. The highest BCUT2D eigenvalue weighted by molar-refractivity contribution is 6.30. The molecule has 92 valence electrons. The predicted octanol–water partition coefficient (Wildman–Crippen LogP) is 3.00. The summed E-state index contributed by atoms with van der Waals surface area (Å²) in [7, 11) is 0. The molecule has 0 atom stereocenters. The van der Waals surface area contributed by atoms with Gasteiger partial charge in [0.15, 0.2) is 5.78 Å². The molecule has 1 aromatic carbocycles. The third-order valence-corrected chi connectivity index (χ3v) is 2.83. The van der Waals surface area contributed by atoms with Crippen molar-refractivity contribution < 1.29 is 9.18 Å². The van der Waals surface area contributed by atoms with Gasteiger partial charge in [-0.2, -0.15) is 0 Å². The van der Waals surface area contributed by atoms with Gasteiger partial charge in [0.05, 0.1) is 11.1 Å². The first-order valence-corrected chi connectivity index (χ1v) is 5.59.